The van der Waals surface area contributed by atoms with Crippen LogP contribution in [0.25, 0.3) is 44.6 Å². The molecule has 0 fully saturated rings. The summed E-state index contributed by atoms with van der Waals surface area (Å²) in [7, 11) is 7.99. The second-order valence-corrected chi connectivity index (χ2v) is 7.80. The van der Waals surface area contributed by atoms with Crippen LogP contribution in [-0.2, 0) is 0 Å². The maximum absolute atomic E-state index is 5.66. The van der Waals surface area contributed by atoms with E-state index in [0.717, 1.165) is 27.5 Å². The van der Waals surface area contributed by atoms with Crippen LogP contribution in [-0.4, -0.2) is 50.5 Å². The lowest BCUT2D eigenvalue weighted by molar-refractivity contribution is 0.324. The van der Waals surface area contributed by atoms with Crippen LogP contribution >= 0.6 is 0 Å². The molecular weight excluding hydrogens is 446 g/mol. The predicted molar refractivity (Wildman–Crippen MR) is 135 cm³/mol. The van der Waals surface area contributed by atoms with Crippen LogP contribution in [0.3, 0.4) is 0 Å². The van der Waals surface area contributed by atoms with Crippen molar-refractivity contribution >= 4 is 21.9 Å². The van der Waals surface area contributed by atoms with Gasteiger partial charge in [-0.1, -0.05) is 12.1 Å². The predicted octanol–water partition coefficient (Wildman–Crippen LogP) is 5.49. The van der Waals surface area contributed by atoms with E-state index in [1.54, 1.807) is 35.5 Å². The lowest BCUT2D eigenvalue weighted by Gasteiger charge is -2.16. The van der Waals surface area contributed by atoms with Crippen molar-refractivity contribution in [1.82, 2.24) is 15.0 Å². The zero-order valence-electron chi connectivity index (χ0n) is 20.1. The molecule has 0 saturated heterocycles. The molecule has 0 radical (unpaired) electrons. The molecule has 2 heterocycles. The van der Waals surface area contributed by atoms with Crippen molar-refractivity contribution in [2.75, 3.05) is 35.5 Å². The van der Waals surface area contributed by atoms with Gasteiger partial charge in [-0.05, 0) is 30.3 Å². The van der Waals surface area contributed by atoms with Gasteiger partial charge in [-0.2, -0.15) is 0 Å². The maximum Gasteiger partial charge on any atom is 0.203 e. The Morgan fingerprint density at radius 1 is 0.657 bits per heavy atom. The van der Waals surface area contributed by atoms with Gasteiger partial charge in [0.05, 0.1) is 57.8 Å². The van der Waals surface area contributed by atoms with Gasteiger partial charge in [0.25, 0.3) is 0 Å². The largest absolute Gasteiger partial charge is 0.497 e. The molecule has 8 nitrogen and oxygen atoms in total. The highest BCUT2D eigenvalue weighted by atomic mass is 16.5. The number of methoxy groups -OCH3 is 5. The van der Waals surface area contributed by atoms with Gasteiger partial charge >= 0.3 is 0 Å². The normalized spacial score (nSPS) is 11.0. The molecule has 0 aliphatic rings. The summed E-state index contributed by atoms with van der Waals surface area (Å²) in [5.41, 5.74) is 4.77. The first kappa shape index (κ1) is 22.3. The molecular formula is C27H25N3O5. The number of nitrogens with zero attached hydrogens (tertiary/aromatic N) is 2. The quantitative estimate of drug-likeness (QED) is 0.336. The van der Waals surface area contributed by atoms with E-state index >= 15 is 0 Å². The van der Waals surface area contributed by atoms with Crippen molar-refractivity contribution in [3.8, 4) is 51.4 Å². The first-order valence-electron chi connectivity index (χ1n) is 10.9. The van der Waals surface area contributed by atoms with E-state index < -0.39 is 0 Å². The van der Waals surface area contributed by atoms with Gasteiger partial charge in [-0.3, -0.25) is 0 Å². The SMILES string of the molecule is COc1cc(OC)c2cc(-c3nc4ccccc4[nH]3)c(-c3cc(OC)c(OC)c(OC)c3)nc2c1. The number of benzene rings is 3. The Hall–Kier alpha value is -4.46. The molecule has 2 aromatic heterocycles. The zero-order chi connectivity index (χ0) is 24.5. The highest BCUT2D eigenvalue weighted by Gasteiger charge is 2.21. The molecule has 0 unspecified atom stereocenters. The molecule has 0 spiro atoms. The van der Waals surface area contributed by atoms with Crippen molar-refractivity contribution in [2.24, 2.45) is 0 Å². The van der Waals surface area contributed by atoms with Gasteiger partial charge in [0, 0.05) is 28.6 Å². The number of nitrogens with one attached hydrogen (secondary N) is 1. The number of aromatic amines is 1. The van der Waals surface area contributed by atoms with E-state index in [0.29, 0.717) is 45.8 Å². The number of hydrogen-bond acceptors (Lipinski definition) is 7. The Bertz CT molecular complexity index is 1490. The molecule has 0 bridgehead atoms. The second kappa shape index (κ2) is 9.06. The molecule has 3 aromatic carbocycles. The number of ether oxygens (including phenoxy) is 5. The molecule has 1 N–H and O–H groups in total. The van der Waals surface area contributed by atoms with Gasteiger partial charge < -0.3 is 28.7 Å². The lowest BCUT2D eigenvalue weighted by Crippen LogP contribution is -1.99. The van der Waals surface area contributed by atoms with Gasteiger partial charge in [0.15, 0.2) is 11.5 Å². The van der Waals surface area contributed by atoms with Crippen molar-refractivity contribution in [1.29, 1.82) is 0 Å². The molecule has 5 rings (SSSR count). The zero-order valence-corrected chi connectivity index (χ0v) is 20.1. The fourth-order valence-corrected chi connectivity index (χ4v) is 4.20. The van der Waals surface area contributed by atoms with Crippen LogP contribution in [0.15, 0.2) is 54.6 Å². The van der Waals surface area contributed by atoms with Crippen molar-refractivity contribution in [3.63, 3.8) is 0 Å². The van der Waals surface area contributed by atoms with Crippen LogP contribution in [0.4, 0.5) is 0 Å². The average molecular weight is 472 g/mol. The topological polar surface area (TPSA) is 87.7 Å². The van der Waals surface area contributed by atoms with Crippen LogP contribution in [0, 0.1) is 0 Å². The number of hydrogen-bond donors (Lipinski definition) is 1. The summed E-state index contributed by atoms with van der Waals surface area (Å²) in [6.45, 7) is 0. The van der Waals surface area contributed by atoms with Gasteiger partial charge in [-0.25, -0.2) is 9.97 Å². The molecule has 5 aromatic rings. The monoisotopic (exact) mass is 471 g/mol. The summed E-state index contributed by atoms with van der Waals surface area (Å²) in [6, 6.07) is 17.4. The van der Waals surface area contributed by atoms with Gasteiger partial charge in [0.2, 0.25) is 5.75 Å². The van der Waals surface area contributed by atoms with Crippen LogP contribution in [0.5, 0.6) is 28.7 Å². The van der Waals surface area contributed by atoms with Crippen LogP contribution in [0.2, 0.25) is 0 Å². The van der Waals surface area contributed by atoms with E-state index in [4.69, 9.17) is 33.7 Å². The number of pyridine rings is 1. The minimum Gasteiger partial charge on any atom is -0.497 e. The Morgan fingerprint density at radius 2 is 1.37 bits per heavy atom. The molecule has 8 heteroatoms. The maximum atomic E-state index is 5.66. The Balaban J connectivity index is 1.85. The molecule has 0 amide bonds. The van der Waals surface area contributed by atoms with Crippen molar-refractivity contribution in [3.05, 3.63) is 54.6 Å². The molecule has 35 heavy (non-hydrogen) atoms. The molecule has 0 saturated carbocycles. The molecule has 0 atom stereocenters. The first-order valence-corrected chi connectivity index (χ1v) is 10.9. The number of imidazole rings is 1. The van der Waals surface area contributed by atoms with E-state index in [9.17, 15) is 0 Å². The van der Waals surface area contributed by atoms with Crippen molar-refractivity contribution < 1.29 is 23.7 Å². The highest BCUT2D eigenvalue weighted by Crippen LogP contribution is 2.44. The first-order chi connectivity index (χ1) is 17.1. The van der Waals surface area contributed by atoms with E-state index in [2.05, 4.69) is 4.98 Å². The van der Waals surface area contributed by atoms with E-state index in [1.165, 1.54) is 0 Å². The molecule has 0 aliphatic heterocycles. The second-order valence-electron chi connectivity index (χ2n) is 7.80. The van der Waals surface area contributed by atoms with Crippen LogP contribution in [0.1, 0.15) is 0 Å². The average Bonchev–Trinajstić information content (AvgIpc) is 3.34. The number of rotatable bonds is 7. The number of aromatic nitrogens is 3. The number of para-hydroxylation sites is 2. The summed E-state index contributed by atoms with van der Waals surface area (Å²) < 4.78 is 27.8. The lowest BCUT2D eigenvalue weighted by atomic mass is 10.0. The third-order valence-corrected chi connectivity index (χ3v) is 5.91. The van der Waals surface area contributed by atoms with E-state index in [-0.39, 0.29) is 0 Å². The highest BCUT2D eigenvalue weighted by molar-refractivity contribution is 5.96. The summed E-state index contributed by atoms with van der Waals surface area (Å²) >= 11 is 0. The Kier molecular flexibility index (Phi) is 5.78. The summed E-state index contributed by atoms with van der Waals surface area (Å²) in [4.78, 5) is 13.3. The minimum absolute atomic E-state index is 0.508. The fourth-order valence-electron chi connectivity index (χ4n) is 4.20. The van der Waals surface area contributed by atoms with Gasteiger partial charge in [0.1, 0.15) is 17.3 Å². The summed E-state index contributed by atoms with van der Waals surface area (Å²) in [5, 5.41) is 0.833. The molecule has 178 valence electrons. The number of H-pyrrole nitrogens is 1. The third-order valence-electron chi connectivity index (χ3n) is 5.91. The van der Waals surface area contributed by atoms with Gasteiger partial charge in [-0.15, -0.1) is 0 Å². The number of fused-ring (bicyclic) bond motifs is 2. The summed E-state index contributed by atoms with van der Waals surface area (Å²) in [5.74, 6) is 3.55. The van der Waals surface area contributed by atoms with Crippen molar-refractivity contribution in [2.45, 2.75) is 0 Å². The molecule has 0 aliphatic carbocycles. The Morgan fingerprint density at radius 3 is 2.00 bits per heavy atom. The van der Waals surface area contributed by atoms with E-state index in [1.807, 2.05) is 54.6 Å². The standard InChI is InChI=1S/C27H25N3O5/c1-31-16-12-21-17(22(13-16)32-2)14-18(27-29-19-8-6-7-9-20(19)30-27)25(28-21)15-10-23(33-3)26(35-5)24(11-15)34-4/h6-14H,1-5H3,(H,29,30). The van der Waals surface area contributed by atoms with Crippen LogP contribution < -0.4 is 23.7 Å². The Labute approximate surface area is 202 Å². The smallest absolute Gasteiger partial charge is 0.203 e. The fraction of sp³-hybridized carbons (Fsp3) is 0.185. The minimum atomic E-state index is 0.508. The third kappa shape index (κ3) is 3.82. The summed E-state index contributed by atoms with van der Waals surface area (Å²) in [6.07, 6.45) is 0.